The summed E-state index contributed by atoms with van der Waals surface area (Å²) in [6.45, 7) is 2.02. The van der Waals surface area contributed by atoms with E-state index in [2.05, 4.69) is 26.4 Å². The number of aromatic amines is 1. The molecule has 138 valence electrons. The van der Waals surface area contributed by atoms with Gasteiger partial charge in [0.15, 0.2) is 5.78 Å². The van der Waals surface area contributed by atoms with Crippen molar-refractivity contribution in [3.63, 3.8) is 0 Å². The molecule has 0 atom stereocenters. The number of ketones is 1. The number of rotatable bonds is 4. The van der Waals surface area contributed by atoms with Crippen LogP contribution in [-0.4, -0.2) is 41.2 Å². The molecule has 1 aliphatic rings. The van der Waals surface area contributed by atoms with Gasteiger partial charge in [-0.2, -0.15) is 10.2 Å². The molecule has 8 nitrogen and oxygen atoms in total. The van der Waals surface area contributed by atoms with Crippen molar-refractivity contribution in [1.82, 2.24) is 26.2 Å². The van der Waals surface area contributed by atoms with Crippen LogP contribution in [0.25, 0.3) is 21.8 Å². The van der Waals surface area contributed by atoms with Crippen LogP contribution in [0.15, 0.2) is 30.3 Å². The normalized spacial score (nSPS) is 12.0. The molecule has 9 heteroatoms. The highest BCUT2D eigenvalue weighted by molar-refractivity contribution is 7.15. The average molecular weight is 382 g/mol. The topological polar surface area (TPSA) is 102 Å². The lowest BCUT2D eigenvalue weighted by Crippen LogP contribution is -2.50. The fraction of sp³-hybridized carbons (Fsp3) is 0.167. The Labute approximate surface area is 159 Å². The van der Waals surface area contributed by atoms with Crippen molar-refractivity contribution in [3.8, 4) is 21.8 Å². The minimum Gasteiger partial charge on any atom is -0.305 e. The number of anilines is 1. The van der Waals surface area contributed by atoms with Crippen LogP contribution in [0.5, 0.6) is 0 Å². The van der Waals surface area contributed by atoms with Crippen LogP contribution < -0.4 is 16.2 Å². The Morgan fingerprint density at radius 2 is 1.93 bits per heavy atom. The van der Waals surface area contributed by atoms with Crippen LogP contribution in [0.1, 0.15) is 20.8 Å². The van der Waals surface area contributed by atoms with Gasteiger partial charge in [-0.05, 0) is 25.1 Å². The molecule has 4 rings (SSSR count). The number of H-pyrrole nitrogens is 1. The molecular formula is C18H18N6O2S. The molecule has 0 saturated carbocycles. The van der Waals surface area contributed by atoms with Gasteiger partial charge in [-0.1, -0.05) is 12.1 Å². The fourth-order valence-electron chi connectivity index (χ4n) is 3.21. The first kappa shape index (κ1) is 17.4. The summed E-state index contributed by atoms with van der Waals surface area (Å²) in [6, 6.07) is 8.90. The molecule has 1 aromatic carbocycles. The summed E-state index contributed by atoms with van der Waals surface area (Å²) in [5.74, 6) is -0.147. The number of aromatic nitrogens is 2. The number of nitrogens with one attached hydrogen (secondary N) is 4. The number of aryl methyl sites for hydroxylation is 1. The number of amides is 2. The Bertz CT molecular complexity index is 1050. The Morgan fingerprint density at radius 1 is 1.15 bits per heavy atom. The van der Waals surface area contributed by atoms with Crippen LogP contribution >= 0.6 is 11.3 Å². The maximum absolute atomic E-state index is 13.2. The summed E-state index contributed by atoms with van der Waals surface area (Å²) < 4.78 is 0. The molecule has 0 bridgehead atoms. The van der Waals surface area contributed by atoms with Crippen molar-refractivity contribution < 1.29 is 9.59 Å². The van der Waals surface area contributed by atoms with E-state index in [0.717, 1.165) is 9.75 Å². The third-order valence-corrected chi connectivity index (χ3v) is 5.44. The van der Waals surface area contributed by atoms with Gasteiger partial charge in [0.25, 0.3) is 0 Å². The zero-order valence-corrected chi connectivity index (χ0v) is 15.8. The molecular weight excluding hydrogens is 364 g/mol. The van der Waals surface area contributed by atoms with Gasteiger partial charge in [-0.15, -0.1) is 11.3 Å². The number of benzene rings is 1. The van der Waals surface area contributed by atoms with Crippen LogP contribution in [0, 0.1) is 6.92 Å². The van der Waals surface area contributed by atoms with Crippen molar-refractivity contribution in [2.45, 2.75) is 6.92 Å². The lowest BCUT2D eigenvalue weighted by molar-refractivity contribution is 0.104. The molecule has 0 saturated heterocycles. The molecule has 1 aliphatic carbocycles. The minimum absolute atomic E-state index is 0.147. The molecule has 0 spiro atoms. The van der Waals surface area contributed by atoms with Crippen molar-refractivity contribution in [3.05, 3.63) is 46.3 Å². The molecule has 2 aromatic heterocycles. The maximum Gasteiger partial charge on any atom is 0.351 e. The largest absolute Gasteiger partial charge is 0.351 e. The SMILES string of the molecule is CNN(NC)C(=O)Nc1cccc2c1C(=O)c1c-2n[nH]c1-c1ccc(C)s1. The second-order valence-electron chi connectivity index (χ2n) is 6.00. The zero-order valence-electron chi connectivity index (χ0n) is 15.0. The lowest BCUT2D eigenvalue weighted by Gasteiger charge is -2.20. The standard InChI is InChI=1S/C18H18N6O2S/c1-9-7-8-12(27-9)16-14-15(22-23-16)10-5-4-6-11(13(10)17(14)25)21-18(26)24(19-2)20-3/h4-8,19-20H,1-3H3,(H,21,26)(H,22,23). The molecule has 3 aromatic rings. The van der Waals surface area contributed by atoms with Crippen LogP contribution in [-0.2, 0) is 0 Å². The van der Waals surface area contributed by atoms with E-state index in [4.69, 9.17) is 0 Å². The predicted molar refractivity (Wildman–Crippen MR) is 104 cm³/mol. The van der Waals surface area contributed by atoms with Gasteiger partial charge in [0.05, 0.1) is 27.4 Å². The van der Waals surface area contributed by atoms with Gasteiger partial charge in [-0.25, -0.2) is 15.6 Å². The monoisotopic (exact) mass is 382 g/mol. The maximum atomic E-state index is 13.2. The molecule has 0 radical (unpaired) electrons. The first-order valence-corrected chi connectivity index (χ1v) is 9.16. The lowest BCUT2D eigenvalue weighted by atomic mass is 10.1. The summed E-state index contributed by atoms with van der Waals surface area (Å²) >= 11 is 1.60. The third kappa shape index (κ3) is 2.72. The Morgan fingerprint density at radius 3 is 2.59 bits per heavy atom. The second kappa shape index (κ2) is 6.62. The average Bonchev–Trinajstić information content (AvgIpc) is 3.33. The smallest absolute Gasteiger partial charge is 0.305 e. The number of thiophene rings is 1. The van der Waals surface area contributed by atoms with E-state index >= 15 is 0 Å². The van der Waals surface area contributed by atoms with Gasteiger partial charge < -0.3 is 5.32 Å². The van der Waals surface area contributed by atoms with Gasteiger partial charge in [0.1, 0.15) is 5.69 Å². The van der Waals surface area contributed by atoms with Gasteiger partial charge in [0, 0.05) is 24.5 Å². The van der Waals surface area contributed by atoms with E-state index in [-0.39, 0.29) is 5.78 Å². The fourth-order valence-corrected chi connectivity index (χ4v) is 4.08. The molecule has 0 aliphatic heterocycles. The van der Waals surface area contributed by atoms with Crippen LogP contribution in [0.3, 0.4) is 0 Å². The van der Waals surface area contributed by atoms with E-state index in [1.807, 2.05) is 25.1 Å². The molecule has 0 unspecified atom stereocenters. The Hall–Kier alpha value is -3.01. The van der Waals surface area contributed by atoms with Crippen molar-refractivity contribution >= 4 is 28.8 Å². The van der Waals surface area contributed by atoms with Crippen molar-refractivity contribution in [1.29, 1.82) is 0 Å². The van der Waals surface area contributed by atoms with Crippen molar-refractivity contribution in [2.24, 2.45) is 0 Å². The Kier molecular flexibility index (Phi) is 4.27. The summed E-state index contributed by atoms with van der Waals surface area (Å²) in [7, 11) is 3.23. The molecule has 4 N–H and O–H groups in total. The highest BCUT2D eigenvalue weighted by atomic mass is 32.1. The number of hydrazine groups is 2. The second-order valence-corrected chi connectivity index (χ2v) is 7.29. The first-order valence-electron chi connectivity index (χ1n) is 8.34. The molecule has 27 heavy (non-hydrogen) atoms. The predicted octanol–water partition coefficient (Wildman–Crippen LogP) is 2.76. The van der Waals surface area contributed by atoms with Crippen molar-refractivity contribution in [2.75, 3.05) is 19.4 Å². The quantitative estimate of drug-likeness (QED) is 0.407. The summed E-state index contributed by atoms with van der Waals surface area (Å²) in [4.78, 5) is 27.7. The number of hydrogen-bond donors (Lipinski definition) is 4. The van der Waals surface area contributed by atoms with Crippen LogP contribution in [0.4, 0.5) is 10.5 Å². The van der Waals surface area contributed by atoms with E-state index in [9.17, 15) is 9.59 Å². The molecule has 2 amide bonds. The number of carbonyl (C=O) groups excluding carboxylic acids is 2. The van der Waals surface area contributed by atoms with E-state index in [0.29, 0.717) is 33.8 Å². The third-order valence-electron chi connectivity index (χ3n) is 4.42. The summed E-state index contributed by atoms with van der Waals surface area (Å²) in [6.07, 6.45) is 0. The summed E-state index contributed by atoms with van der Waals surface area (Å²) in [5, 5.41) is 11.3. The van der Waals surface area contributed by atoms with E-state index in [1.165, 1.54) is 5.12 Å². The minimum atomic E-state index is -0.429. The summed E-state index contributed by atoms with van der Waals surface area (Å²) in [5.41, 5.74) is 8.91. The van der Waals surface area contributed by atoms with Crippen LogP contribution in [0.2, 0.25) is 0 Å². The highest BCUT2D eigenvalue weighted by Gasteiger charge is 2.35. The molecule has 2 heterocycles. The van der Waals surface area contributed by atoms with Gasteiger partial charge >= 0.3 is 6.03 Å². The number of nitrogens with zero attached hydrogens (tertiary/aromatic N) is 2. The number of fused-ring (bicyclic) bond motifs is 3. The van der Waals surface area contributed by atoms with Gasteiger partial charge in [0.2, 0.25) is 0 Å². The van der Waals surface area contributed by atoms with E-state index in [1.54, 1.807) is 37.6 Å². The first-order chi connectivity index (χ1) is 13.0. The van der Waals surface area contributed by atoms with Gasteiger partial charge in [-0.3, -0.25) is 9.89 Å². The number of carbonyl (C=O) groups is 2. The molecule has 0 fully saturated rings. The highest BCUT2D eigenvalue weighted by Crippen LogP contribution is 2.43. The number of hydrogen-bond acceptors (Lipinski definition) is 6. The Balaban J connectivity index is 1.75. The van der Waals surface area contributed by atoms with E-state index < -0.39 is 6.03 Å². The zero-order chi connectivity index (χ0) is 19.1. The number of urea groups is 1.